The largest absolute Gasteiger partial charge is 0.456 e. The summed E-state index contributed by atoms with van der Waals surface area (Å²) >= 11 is 0. The molecule has 3 nitrogen and oxygen atoms in total. The fourth-order valence-electron chi connectivity index (χ4n) is 13.3. The molecule has 1 aromatic heterocycles. The maximum absolute atomic E-state index is 6.79. The van der Waals surface area contributed by atoms with Crippen molar-refractivity contribution in [3.63, 3.8) is 0 Å². The van der Waals surface area contributed by atoms with Crippen LogP contribution in [0.4, 0.5) is 34.1 Å². The summed E-state index contributed by atoms with van der Waals surface area (Å²) in [6, 6.07) is 103. The van der Waals surface area contributed by atoms with Gasteiger partial charge in [-0.1, -0.05) is 206 Å². The molecule has 2 aliphatic carbocycles. The minimum Gasteiger partial charge on any atom is -0.456 e. The second-order valence-corrected chi connectivity index (χ2v) is 20.3. The minimum atomic E-state index is -0.695. The van der Waals surface area contributed by atoms with Crippen molar-refractivity contribution >= 4 is 56.1 Å². The molecule has 0 radical (unpaired) electrons. The van der Waals surface area contributed by atoms with Gasteiger partial charge in [0.05, 0.1) is 22.5 Å². The molecule has 1 unspecified atom stereocenters. The Kier molecular flexibility index (Phi) is 9.25. The summed E-state index contributed by atoms with van der Waals surface area (Å²) in [5.74, 6) is 0. The van der Waals surface area contributed by atoms with Gasteiger partial charge >= 0.3 is 0 Å². The molecule has 16 rings (SSSR count). The van der Waals surface area contributed by atoms with Crippen LogP contribution in [0, 0.1) is 0 Å². The van der Waals surface area contributed by atoms with Gasteiger partial charge in [-0.15, -0.1) is 0 Å². The zero-order valence-electron chi connectivity index (χ0n) is 41.4. The van der Waals surface area contributed by atoms with E-state index in [-0.39, 0.29) is 0 Å². The third kappa shape index (κ3) is 6.05. The van der Waals surface area contributed by atoms with Crippen LogP contribution in [0.15, 0.2) is 283 Å². The molecule has 1 atom stereocenters. The van der Waals surface area contributed by atoms with Crippen LogP contribution < -0.4 is 9.80 Å². The van der Waals surface area contributed by atoms with Crippen LogP contribution in [-0.2, 0) is 5.41 Å². The first kappa shape index (κ1) is 42.5. The summed E-state index contributed by atoms with van der Waals surface area (Å²) < 4.78 is 6.79. The lowest BCUT2D eigenvalue weighted by Crippen LogP contribution is -2.29. The molecule has 1 aliphatic heterocycles. The molecule has 13 aromatic rings. The topological polar surface area (TPSA) is 19.6 Å². The number of hydrogen-bond donors (Lipinski definition) is 0. The van der Waals surface area contributed by atoms with Crippen molar-refractivity contribution in [2.24, 2.45) is 0 Å². The lowest BCUT2D eigenvalue weighted by Gasteiger charge is -2.36. The number of para-hydroxylation sites is 4. The van der Waals surface area contributed by atoms with Gasteiger partial charge in [-0.2, -0.15) is 0 Å². The van der Waals surface area contributed by atoms with E-state index in [0.29, 0.717) is 0 Å². The maximum Gasteiger partial charge on any atom is 0.135 e. The van der Waals surface area contributed by atoms with Crippen molar-refractivity contribution in [2.75, 3.05) is 9.80 Å². The molecule has 354 valence electrons. The molecule has 12 aromatic carbocycles. The molecule has 0 saturated carbocycles. The second-order valence-electron chi connectivity index (χ2n) is 20.3. The number of furan rings is 1. The van der Waals surface area contributed by atoms with E-state index in [2.05, 4.69) is 289 Å². The molecule has 0 amide bonds. The van der Waals surface area contributed by atoms with E-state index in [4.69, 9.17) is 4.42 Å². The van der Waals surface area contributed by atoms with E-state index in [1.165, 1.54) is 72.3 Å². The molecule has 0 saturated heterocycles. The van der Waals surface area contributed by atoms with E-state index in [1.54, 1.807) is 0 Å². The van der Waals surface area contributed by atoms with Crippen LogP contribution in [0.25, 0.3) is 88.7 Å². The average molecular weight is 967 g/mol. The Balaban J connectivity index is 0.994. The lowest BCUT2D eigenvalue weighted by atomic mass is 9.66. The number of nitrogens with zero attached hydrogens (tertiary/aromatic N) is 2. The summed E-state index contributed by atoms with van der Waals surface area (Å²) in [4.78, 5) is 4.93. The third-order valence-electron chi connectivity index (χ3n) is 16.4. The molecule has 3 heteroatoms. The quantitative estimate of drug-likeness (QED) is 0.171. The minimum absolute atomic E-state index is 0.695. The Labute approximate surface area is 441 Å². The first-order valence-electron chi connectivity index (χ1n) is 26.2. The van der Waals surface area contributed by atoms with Crippen molar-refractivity contribution in [3.05, 3.63) is 301 Å². The fourth-order valence-corrected chi connectivity index (χ4v) is 13.3. The Bertz CT molecular complexity index is 4490. The lowest BCUT2D eigenvalue weighted by molar-refractivity contribution is 0.666. The molecular weight excluding hydrogens is 921 g/mol. The second kappa shape index (κ2) is 16.5. The summed E-state index contributed by atoms with van der Waals surface area (Å²) in [7, 11) is 0. The monoisotopic (exact) mass is 966 g/mol. The number of anilines is 6. The van der Waals surface area contributed by atoms with E-state index in [9.17, 15) is 0 Å². The number of rotatable bonds is 5. The van der Waals surface area contributed by atoms with Crippen molar-refractivity contribution in [2.45, 2.75) is 5.41 Å². The molecule has 76 heavy (non-hydrogen) atoms. The van der Waals surface area contributed by atoms with Gasteiger partial charge in [0.25, 0.3) is 0 Å². The highest BCUT2D eigenvalue weighted by atomic mass is 16.3. The van der Waals surface area contributed by atoms with E-state index < -0.39 is 5.41 Å². The van der Waals surface area contributed by atoms with Crippen LogP contribution in [0.3, 0.4) is 0 Å². The number of hydrogen-bond acceptors (Lipinski definition) is 3. The first-order chi connectivity index (χ1) is 37.7. The highest BCUT2D eigenvalue weighted by Crippen LogP contribution is 2.63. The standard InChI is InChI=1S/C73H46N2O/c1-3-21-47(22-4-1)51-25-13-18-36-68(51)74(50-40-42-70-62(44-50)55-29-10-8-27-53(55)58-32-14-19-37-69(58)75(70)48-23-5-2-6-24-48)49-39-41-66-60(43-49)54-28-9-7-26-52(54)56-30-11-16-34-64(56)73(66)65-35-17-12-31-57(65)61-45-63-59-33-15-20-38-71(59)76-72(63)46-67(61)73/h1-46H. The van der Waals surface area contributed by atoms with Gasteiger partial charge in [0, 0.05) is 44.5 Å². The summed E-state index contributed by atoms with van der Waals surface area (Å²) in [6.45, 7) is 0. The summed E-state index contributed by atoms with van der Waals surface area (Å²) in [5, 5.41) is 2.26. The molecule has 3 aliphatic rings. The van der Waals surface area contributed by atoms with Gasteiger partial charge < -0.3 is 14.2 Å². The third-order valence-corrected chi connectivity index (χ3v) is 16.4. The van der Waals surface area contributed by atoms with E-state index in [0.717, 1.165) is 72.8 Å². The Morgan fingerprint density at radius 2 is 0.776 bits per heavy atom. The highest BCUT2D eigenvalue weighted by molar-refractivity contribution is 6.10. The van der Waals surface area contributed by atoms with Gasteiger partial charge in [0.1, 0.15) is 11.2 Å². The Hall–Kier alpha value is -9.96. The predicted octanol–water partition coefficient (Wildman–Crippen LogP) is 19.9. The normalized spacial score (nSPS) is 14.3. The number of benzene rings is 12. The SMILES string of the molecule is c1ccc(-c2ccccc2N(c2ccc3c(c2)-c2ccccc2-c2ccccc2N3c2ccccc2)c2ccc3c(c2)-c2ccccc2-c2ccccc2C32c3ccccc3-c3cc4c(cc32)oc2ccccc24)cc1. The highest BCUT2D eigenvalue weighted by Gasteiger charge is 2.50. The van der Waals surface area contributed by atoms with Crippen molar-refractivity contribution < 1.29 is 4.42 Å². The van der Waals surface area contributed by atoms with Crippen molar-refractivity contribution in [1.29, 1.82) is 0 Å². The van der Waals surface area contributed by atoms with Gasteiger partial charge in [0.15, 0.2) is 0 Å². The summed E-state index contributed by atoms with van der Waals surface area (Å²) in [5.41, 5.74) is 27.0. The van der Waals surface area contributed by atoms with Gasteiger partial charge in [0.2, 0.25) is 0 Å². The van der Waals surface area contributed by atoms with Crippen molar-refractivity contribution in [3.8, 4) is 66.8 Å². The van der Waals surface area contributed by atoms with Gasteiger partial charge in [-0.05, 0) is 145 Å². The van der Waals surface area contributed by atoms with Crippen LogP contribution in [-0.4, -0.2) is 0 Å². The fraction of sp³-hybridized carbons (Fsp3) is 0.0137. The van der Waals surface area contributed by atoms with Gasteiger partial charge in [-0.3, -0.25) is 0 Å². The Morgan fingerprint density at radius 3 is 1.51 bits per heavy atom. The smallest absolute Gasteiger partial charge is 0.135 e. The molecule has 0 fully saturated rings. The molecule has 0 bridgehead atoms. The van der Waals surface area contributed by atoms with Crippen LogP contribution in [0.1, 0.15) is 22.3 Å². The molecule has 2 heterocycles. The van der Waals surface area contributed by atoms with Crippen LogP contribution in [0.2, 0.25) is 0 Å². The van der Waals surface area contributed by atoms with Crippen LogP contribution >= 0.6 is 0 Å². The van der Waals surface area contributed by atoms with E-state index in [1.807, 2.05) is 0 Å². The number of fused-ring (bicyclic) bond motifs is 20. The maximum atomic E-state index is 6.79. The van der Waals surface area contributed by atoms with E-state index >= 15 is 0 Å². The predicted molar refractivity (Wildman–Crippen MR) is 315 cm³/mol. The summed E-state index contributed by atoms with van der Waals surface area (Å²) in [6.07, 6.45) is 0. The van der Waals surface area contributed by atoms with Gasteiger partial charge in [-0.25, -0.2) is 0 Å². The molecule has 1 spiro atoms. The zero-order valence-corrected chi connectivity index (χ0v) is 41.4. The van der Waals surface area contributed by atoms with Crippen LogP contribution in [0.5, 0.6) is 0 Å². The average Bonchev–Trinajstić information content (AvgIpc) is 4.15. The first-order valence-corrected chi connectivity index (χ1v) is 26.2. The molecule has 0 N–H and O–H groups in total. The van der Waals surface area contributed by atoms with Crippen molar-refractivity contribution in [1.82, 2.24) is 0 Å². The Morgan fingerprint density at radius 1 is 0.289 bits per heavy atom. The zero-order chi connectivity index (χ0) is 49.9. The molecular formula is C73H46N2O.